The lowest BCUT2D eigenvalue weighted by Gasteiger charge is -2.49. The number of aliphatic carboxylic acids is 1. The van der Waals surface area contributed by atoms with Crippen LogP contribution in [-0.2, 0) is 14.4 Å². The molecule has 2 aliphatic heterocycles. The minimum absolute atomic E-state index is 0.0134. The van der Waals surface area contributed by atoms with Crippen molar-refractivity contribution >= 4 is 64.2 Å². The first-order valence-electron chi connectivity index (χ1n) is 9.52. The number of halogens is 1. The summed E-state index contributed by atoms with van der Waals surface area (Å²) < 4.78 is 2.18. The summed E-state index contributed by atoms with van der Waals surface area (Å²) in [7, 11) is 0. The number of carboxylic acid groups (broad SMARTS) is 1. The average Bonchev–Trinajstić information content (AvgIpc) is 3.33. The van der Waals surface area contributed by atoms with E-state index < -0.39 is 35.2 Å². The molecule has 4 heterocycles. The van der Waals surface area contributed by atoms with Gasteiger partial charge in [-0.15, -0.1) is 22.0 Å². The predicted molar refractivity (Wildman–Crippen MR) is 122 cm³/mol. The largest absolute Gasteiger partial charge is 0.477 e. The SMILES string of the molecule is Cc1nnc(SCC2=C(C(=O)O)N3C(=O)[C@@H](NC(=O)[C@@H](C)n4cc(Cl)c(C)n4)[C@H]3SC2)s1. The second-order valence-corrected chi connectivity index (χ2v) is 11.2. The molecule has 4 rings (SSSR count). The fourth-order valence-corrected chi connectivity index (χ4v) is 6.77. The highest BCUT2D eigenvalue weighted by molar-refractivity contribution is 8.01. The van der Waals surface area contributed by atoms with Crippen LogP contribution in [0.2, 0.25) is 5.02 Å². The molecule has 0 saturated carbocycles. The molecule has 32 heavy (non-hydrogen) atoms. The number of hydrogen-bond acceptors (Lipinski definition) is 9. The van der Waals surface area contributed by atoms with E-state index in [2.05, 4.69) is 20.6 Å². The molecule has 0 bridgehead atoms. The molecule has 3 atom stereocenters. The van der Waals surface area contributed by atoms with E-state index in [1.807, 2.05) is 6.92 Å². The molecule has 2 aliphatic rings. The van der Waals surface area contributed by atoms with Crippen molar-refractivity contribution in [3.05, 3.63) is 33.2 Å². The van der Waals surface area contributed by atoms with Gasteiger partial charge >= 0.3 is 5.97 Å². The van der Waals surface area contributed by atoms with Gasteiger partial charge in [-0.3, -0.25) is 19.2 Å². The Kier molecular flexibility index (Phi) is 6.52. The molecule has 14 heteroatoms. The maximum absolute atomic E-state index is 12.8. The van der Waals surface area contributed by atoms with Crippen molar-refractivity contribution in [3.8, 4) is 0 Å². The maximum atomic E-state index is 12.8. The summed E-state index contributed by atoms with van der Waals surface area (Å²) in [5.74, 6) is -1.16. The Balaban J connectivity index is 1.45. The molecular weight excluding hydrogens is 496 g/mol. The van der Waals surface area contributed by atoms with Crippen molar-refractivity contribution in [3.63, 3.8) is 0 Å². The van der Waals surface area contributed by atoms with Crippen molar-refractivity contribution in [1.82, 2.24) is 30.2 Å². The fourth-order valence-electron chi connectivity index (χ4n) is 3.33. The molecule has 2 N–H and O–H groups in total. The number of rotatable bonds is 7. The second kappa shape index (κ2) is 9.04. The van der Waals surface area contributed by atoms with E-state index >= 15 is 0 Å². The molecule has 2 aromatic heterocycles. The number of hydrogen-bond donors (Lipinski definition) is 2. The van der Waals surface area contributed by atoms with Crippen molar-refractivity contribution in [2.45, 2.75) is 42.6 Å². The fraction of sp³-hybridized carbons (Fsp3) is 0.444. The van der Waals surface area contributed by atoms with Crippen LogP contribution in [0.1, 0.15) is 23.7 Å². The quantitative estimate of drug-likeness (QED) is 0.421. The zero-order chi connectivity index (χ0) is 23.2. The lowest BCUT2D eigenvalue weighted by Crippen LogP contribution is -2.71. The number of carbonyl (C=O) groups excluding carboxylic acids is 2. The Labute approximate surface area is 200 Å². The summed E-state index contributed by atoms with van der Waals surface area (Å²) >= 11 is 10.3. The highest BCUT2D eigenvalue weighted by Crippen LogP contribution is 2.42. The van der Waals surface area contributed by atoms with Crippen LogP contribution in [0.3, 0.4) is 0 Å². The lowest BCUT2D eigenvalue weighted by atomic mass is 10.0. The topological polar surface area (TPSA) is 130 Å². The van der Waals surface area contributed by atoms with Gasteiger partial charge in [-0.1, -0.05) is 34.7 Å². The molecule has 2 aromatic rings. The number of aryl methyl sites for hydroxylation is 2. The Bertz CT molecular complexity index is 1110. The zero-order valence-electron chi connectivity index (χ0n) is 17.2. The van der Waals surface area contributed by atoms with Crippen LogP contribution in [-0.4, -0.2) is 70.7 Å². The number of nitrogens with zero attached hydrogens (tertiary/aromatic N) is 5. The smallest absolute Gasteiger partial charge is 0.352 e. The Morgan fingerprint density at radius 3 is 2.75 bits per heavy atom. The third kappa shape index (κ3) is 4.26. The molecule has 170 valence electrons. The number of nitrogens with one attached hydrogen (secondary N) is 1. The minimum Gasteiger partial charge on any atom is -0.477 e. The van der Waals surface area contributed by atoms with Crippen LogP contribution in [0.5, 0.6) is 0 Å². The number of thioether (sulfide) groups is 2. The van der Waals surface area contributed by atoms with E-state index in [-0.39, 0.29) is 5.70 Å². The van der Waals surface area contributed by atoms with Gasteiger partial charge in [-0.25, -0.2) is 4.79 Å². The monoisotopic (exact) mass is 514 g/mol. The Morgan fingerprint density at radius 2 is 2.16 bits per heavy atom. The highest BCUT2D eigenvalue weighted by atomic mass is 35.5. The van der Waals surface area contributed by atoms with E-state index in [1.165, 1.54) is 44.4 Å². The summed E-state index contributed by atoms with van der Waals surface area (Å²) in [4.78, 5) is 38.7. The molecule has 0 aromatic carbocycles. The van der Waals surface area contributed by atoms with E-state index in [0.29, 0.717) is 27.8 Å². The van der Waals surface area contributed by atoms with Crippen LogP contribution >= 0.6 is 46.5 Å². The first-order chi connectivity index (χ1) is 15.2. The molecule has 1 fully saturated rings. The molecule has 10 nitrogen and oxygen atoms in total. The van der Waals surface area contributed by atoms with Gasteiger partial charge < -0.3 is 10.4 Å². The van der Waals surface area contributed by atoms with Gasteiger partial charge in [0.25, 0.3) is 5.91 Å². The van der Waals surface area contributed by atoms with Gasteiger partial charge in [0.05, 0.1) is 10.7 Å². The molecular formula is C18H19ClN6O4S3. The van der Waals surface area contributed by atoms with Crippen molar-refractivity contribution in [1.29, 1.82) is 0 Å². The van der Waals surface area contributed by atoms with Gasteiger partial charge in [0, 0.05) is 17.7 Å². The Morgan fingerprint density at radius 1 is 1.41 bits per heavy atom. The normalized spacial score (nSPS) is 21.2. The van der Waals surface area contributed by atoms with E-state index in [9.17, 15) is 19.5 Å². The van der Waals surface area contributed by atoms with E-state index in [0.717, 1.165) is 9.35 Å². The molecule has 0 radical (unpaired) electrons. The zero-order valence-corrected chi connectivity index (χ0v) is 20.4. The summed E-state index contributed by atoms with van der Waals surface area (Å²) in [6.45, 7) is 5.23. The standard InChI is InChI=1S/C18H19ClN6O4S3/c1-7-11(19)4-24(23-7)8(2)14(26)20-12-15(27)25-13(17(28)29)10(5-30-16(12)25)6-31-18-22-21-9(3)32-18/h4,8,12,16H,5-6H2,1-3H3,(H,20,26)(H,28,29)/t8-,12-,16-/m1/s1. The number of amides is 2. The number of aromatic nitrogens is 4. The third-order valence-electron chi connectivity index (χ3n) is 5.06. The van der Waals surface area contributed by atoms with Crippen molar-refractivity contribution in [2.24, 2.45) is 0 Å². The van der Waals surface area contributed by atoms with Gasteiger partial charge in [-0.2, -0.15) is 5.10 Å². The van der Waals surface area contributed by atoms with Gasteiger partial charge in [0.2, 0.25) is 5.91 Å². The van der Waals surface area contributed by atoms with E-state index in [1.54, 1.807) is 20.0 Å². The Hall–Kier alpha value is -2.09. The molecule has 0 aliphatic carbocycles. The summed E-state index contributed by atoms with van der Waals surface area (Å²) in [5.41, 5.74) is 1.23. The van der Waals surface area contributed by atoms with E-state index in [4.69, 9.17) is 11.6 Å². The number of carboxylic acids is 1. The molecule has 0 spiro atoms. The van der Waals surface area contributed by atoms with Crippen molar-refractivity contribution in [2.75, 3.05) is 11.5 Å². The molecule has 2 amide bonds. The third-order valence-corrected chi connectivity index (χ3v) is 8.83. The van der Waals surface area contributed by atoms with Crippen LogP contribution in [0, 0.1) is 13.8 Å². The maximum Gasteiger partial charge on any atom is 0.352 e. The van der Waals surface area contributed by atoms with Crippen LogP contribution in [0.25, 0.3) is 0 Å². The molecule has 0 unspecified atom stereocenters. The average molecular weight is 515 g/mol. The first kappa shape index (κ1) is 23.1. The molecule has 1 saturated heterocycles. The van der Waals surface area contributed by atoms with Gasteiger partial charge in [0.15, 0.2) is 4.34 Å². The number of fused-ring (bicyclic) bond motifs is 1. The van der Waals surface area contributed by atoms with Crippen LogP contribution in [0.15, 0.2) is 21.8 Å². The minimum atomic E-state index is -1.16. The first-order valence-corrected chi connectivity index (χ1v) is 12.7. The van der Waals surface area contributed by atoms with Gasteiger partial charge in [-0.05, 0) is 26.3 Å². The summed E-state index contributed by atoms with van der Waals surface area (Å²) in [5, 5.41) is 25.5. The lowest BCUT2D eigenvalue weighted by molar-refractivity contribution is -0.151. The second-order valence-electron chi connectivity index (χ2n) is 7.25. The van der Waals surface area contributed by atoms with Crippen LogP contribution in [0.4, 0.5) is 0 Å². The number of β-lactam (4-membered cyclic amide) rings is 1. The highest BCUT2D eigenvalue weighted by Gasteiger charge is 2.54. The number of carbonyl (C=O) groups is 3. The summed E-state index contributed by atoms with van der Waals surface area (Å²) in [6, 6.07) is -1.47. The van der Waals surface area contributed by atoms with Crippen LogP contribution < -0.4 is 5.32 Å². The van der Waals surface area contributed by atoms with Crippen molar-refractivity contribution < 1.29 is 19.5 Å². The van der Waals surface area contributed by atoms with Gasteiger partial charge in [0.1, 0.15) is 28.2 Å². The summed E-state index contributed by atoms with van der Waals surface area (Å²) in [6.07, 6.45) is 1.56. The predicted octanol–water partition coefficient (Wildman–Crippen LogP) is 2.10.